The van der Waals surface area contributed by atoms with Crippen LogP contribution in [0, 0.1) is 5.82 Å². The van der Waals surface area contributed by atoms with Gasteiger partial charge < -0.3 is 20.6 Å². The van der Waals surface area contributed by atoms with E-state index in [1.807, 2.05) is 6.07 Å². The first-order valence-corrected chi connectivity index (χ1v) is 8.90. The van der Waals surface area contributed by atoms with Crippen LogP contribution in [-0.4, -0.2) is 37.2 Å². The van der Waals surface area contributed by atoms with E-state index < -0.39 is 5.82 Å². The lowest BCUT2D eigenvalue weighted by molar-refractivity contribution is 0.431. The van der Waals surface area contributed by atoms with Crippen molar-refractivity contribution in [2.24, 2.45) is 4.99 Å². The van der Waals surface area contributed by atoms with Crippen molar-refractivity contribution in [3.05, 3.63) is 59.9 Å². The van der Waals surface area contributed by atoms with Crippen LogP contribution in [0.15, 0.2) is 53.5 Å². The average molecular weight is 484 g/mol. The number of aliphatic imine (C=N–C) groups is 1. The van der Waals surface area contributed by atoms with Crippen LogP contribution in [0.1, 0.15) is 18.4 Å². The second-order valence-corrected chi connectivity index (χ2v) is 6.48. The van der Waals surface area contributed by atoms with Crippen LogP contribution in [0.25, 0.3) is 0 Å². The van der Waals surface area contributed by atoms with Crippen LogP contribution in [-0.2, 0) is 6.54 Å². The van der Waals surface area contributed by atoms with E-state index in [2.05, 4.69) is 44.8 Å². The van der Waals surface area contributed by atoms with Gasteiger partial charge in [-0.25, -0.2) is 4.39 Å². The summed E-state index contributed by atoms with van der Waals surface area (Å²) in [7, 11) is 1.73. The van der Waals surface area contributed by atoms with Crippen LogP contribution in [0.3, 0.4) is 0 Å². The van der Waals surface area contributed by atoms with Gasteiger partial charge in [0.1, 0.15) is 0 Å². The van der Waals surface area contributed by atoms with E-state index in [4.69, 9.17) is 0 Å². The van der Waals surface area contributed by atoms with Gasteiger partial charge in [0.25, 0.3) is 0 Å². The van der Waals surface area contributed by atoms with Crippen molar-refractivity contribution in [1.82, 2.24) is 10.6 Å². The van der Waals surface area contributed by atoms with Crippen molar-refractivity contribution in [1.29, 1.82) is 0 Å². The smallest absolute Gasteiger partial charge is 0.191 e. The molecule has 0 aliphatic carbocycles. The van der Waals surface area contributed by atoms with Crippen molar-refractivity contribution in [3.63, 3.8) is 0 Å². The van der Waals surface area contributed by atoms with E-state index in [-0.39, 0.29) is 29.7 Å². The third-order valence-corrected chi connectivity index (χ3v) is 4.58. The molecule has 1 aliphatic rings. The number of aromatic hydroxyl groups is 1. The molecular weight excluding hydrogens is 458 g/mol. The van der Waals surface area contributed by atoms with Gasteiger partial charge in [-0.15, -0.1) is 24.0 Å². The Labute approximate surface area is 176 Å². The minimum atomic E-state index is -0.613. The largest absolute Gasteiger partial charge is 0.505 e. The lowest BCUT2D eigenvalue weighted by atomic mass is 10.0. The van der Waals surface area contributed by atoms with E-state index in [0.29, 0.717) is 18.5 Å². The maximum Gasteiger partial charge on any atom is 0.191 e. The first kappa shape index (κ1) is 21.3. The summed E-state index contributed by atoms with van der Waals surface area (Å²) in [5.41, 5.74) is 1.99. The third-order valence-electron chi connectivity index (χ3n) is 4.58. The number of para-hydroxylation sites is 1. The summed E-state index contributed by atoms with van der Waals surface area (Å²) in [6.07, 6.45) is 2.20. The molecule has 1 unspecified atom stereocenters. The second-order valence-electron chi connectivity index (χ2n) is 6.48. The Morgan fingerprint density at radius 2 is 2.04 bits per heavy atom. The minimum absolute atomic E-state index is 0. The topological polar surface area (TPSA) is 59.9 Å². The number of benzene rings is 2. The fraction of sp³-hybridized carbons (Fsp3) is 0.350. The molecule has 0 radical (unpaired) electrons. The van der Waals surface area contributed by atoms with Gasteiger partial charge in [0.15, 0.2) is 17.5 Å². The number of guanidine groups is 1. The summed E-state index contributed by atoms with van der Waals surface area (Å²) in [5.74, 6) is -0.254. The zero-order valence-corrected chi connectivity index (χ0v) is 17.7. The number of halogens is 2. The average Bonchev–Trinajstić information content (AvgIpc) is 2.68. The number of phenolic OH excluding ortho intramolecular Hbond substituents is 1. The summed E-state index contributed by atoms with van der Waals surface area (Å²) in [5, 5.41) is 15.9. The van der Waals surface area contributed by atoms with E-state index >= 15 is 0 Å². The van der Waals surface area contributed by atoms with Gasteiger partial charge in [-0.2, -0.15) is 0 Å². The molecule has 0 amide bonds. The lowest BCUT2D eigenvalue weighted by Gasteiger charge is -2.35. The molecule has 0 saturated carbocycles. The summed E-state index contributed by atoms with van der Waals surface area (Å²) in [4.78, 5) is 6.65. The fourth-order valence-corrected chi connectivity index (χ4v) is 3.20. The monoisotopic (exact) mass is 484 g/mol. The zero-order chi connectivity index (χ0) is 18.4. The highest BCUT2D eigenvalue weighted by molar-refractivity contribution is 14.0. The van der Waals surface area contributed by atoms with Gasteiger partial charge in [0.2, 0.25) is 0 Å². The number of nitrogens with one attached hydrogen (secondary N) is 2. The van der Waals surface area contributed by atoms with Gasteiger partial charge in [0.05, 0.1) is 0 Å². The van der Waals surface area contributed by atoms with Crippen LogP contribution >= 0.6 is 24.0 Å². The fourth-order valence-electron chi connectivity index (χ4n) is 3.20. The van der Waals surface area contributed by atoms with Gasteiger partial charge >= 0.3 is 0 Å². The first-order chi connectivity index (χ1) is 12.7. The molecule has 0 bridgehead atoms. The molecule has 1 heterocycles. The van der Waals surface area contributed by atoms with Gasteiger partial charge in [-0.3, -0.25) is 4.99 Å². The van der Waals surface area contributed by atoms with Crippen LogP contribution < -0.4 is 15.5 Å². The Bertz CT molecular complexity index is 757. The van der Waals surface area contributed by atoms with E-state index in [9.17, 15) is 9.50 Å². The molecule has 3 N–H and O–H groups in total. The molecule has 0 spiro atoms. The Kier molecular flexibility index (Phi) is 8.15. The van der Waals surface area contributed by atoms with E-state index in [0.717, 1.165) is 31.5 Å². The third kappa shape index (κ3) is 5.98. The molecule has 27 heavy (non-hydrogen) atoms. The molecule has 2 aromatic rings. The predicted octanol–water partition coefficient (Wildman–Crippen LogP) is 3.48. The molecule has 3 rings (SSSR count). The number of hydrogen-bond donors (Lipinski definition) is 3. The molecule has 1 saturated heterocycles. The Morgan fingerprint density at radius 3 is 2.74 bits per heavy atom. The Morgan fingerprint density at radius 1 is 1.26 bits per heavy atom. The molecule has 1 aliphatic heterocycles. The van der Waals surface area contributed by atoms with Crippen molar-refractivity contribution in [2.75, 3.05) is 25.0 Å². The van der Waals surface area contributed by atoms with Crippen molar-refractivity contribution in [2.45, 2.75) is 25.4 Å². The molecule has 7 heteroatoms. The molecule has 146 valence electrons. The molecule has 1 fully saturated rings. The maximum absolute atomic E-state index is 13.4. The quantitative estimate of drug-likeness (QED) is 0.354. The van der Waals surface area contributed by atoms with Gasteiger partial charge in [-0.1, -0.05) is 24.3 Å². The SMILES string of the molecule is CN=C(NCc1ccc(O)c(F)c1)NC1CCCN(c2ccccc2)C1.I. The normalized spacial score (nSPS) is 17.2. The van der Waals surface area contributed by atoms with E-state index in [1.54, 1.807) is 13.1 Å². The number of phenols is 1. The van der Waals surface area contributed by atoms with Gasteiger partial charge in [0, 0.05) is 38.4 Å². The highest BCUT2D eigenvalue weighted by atomic mass is 127. The van der Waals surface area contributed by atoms with Crippen molar-refractivity contribution < 1.29 is 9.50 Å². The van der Waals surface area contributed by atoms with E-state index in [1.165, 1.54) is 17.8 Å². The molecule has 0 aromatic heterocycles. The van der Waals surface area contributed by atoms with Crippen LogP contribution in [0.4, 0.5) is 10.1 Å². The molecule has 1 atom stereocenters. The van der Waals surface area contributed by atoms with Crippen LogP contribution in [0.5, 0.6) is 5.75 Å². The van der Waals surface area contributed by atoms with Crippen LogP contribution in [0.2, 0.25) is 0 Å². The molecular formula is C20H26FIN4O. The standard InChI is InChI=1S/C20H25FN4O.HI/c1-22-20(23-13-15-9-10-19(26)18(21)12-15)24-16-6-5-11-25(14-16)17-7-3-2-4-8-17;/h2-4,7-10,12,16,26H,5-6,11,13-14H2,1H3,(H2,22,23,24);1H. The Balaban J connectivity index is 0.00000261. The Hall–Kier alpha value is -2.03. The number of anilines is 1. The highest BCUT2D eigenvalue weighted by Gasteiger charge is 2.20. The summed E-state index contributed by atoms with van der Waals surface area (Å²) >= 11 is 0. The highest BCUT2D eigenvalue weighted by Crippen LogP contribution is 2.19. The summed E-state index contributed by atoms with van der Waals surface area (Å²) in [6, 6.07) is 15.1. The molecule has 2 aromatic carbocycles. The summed E-state index contributed by atoms with van der Waals surface area (Å²) in [6.45, 7) is 2.41. The van der Waals surface area contributed by atoms with Gasteiger partial charge in [-0.05, 0) is 42.7 Å². The predicted molar refractivity (Wildman–Crippen MR) is 118 cm³/mol. The number of nitrogens with zero attached hydrogens (tertiary/aromatic N) is 2. The summed E-state index contributed by atoms with van der Waals surface area (Å²) < 4.78 is 13.4. The number of piperidine rings is 1. The number of rotatable bonds is 4. The maximum atomic E-state index is 13.4. The number of hydrogen-bond acceptors (Lipinski definition) is 3. The van der Waals surface area contributed by atoms with Crippen molar-refractivity contribution in [3.8, 4) is 5.75 Å². The molecule has 5 nitrogen and oxygen atoms in total. The minimum Gasteiger partial charge on any atom is -0.505 e. The van der Waals surface area contributed by atoms with Crippen molar-refractivity contribution >= 4 is 35.6 Å². The second kappa shape index (κ2) is 10.3. The zero-order valence-electron chi connectivity index (χ0n) is 15.4. The lowest BCUT2D eigenvalue weighted by Crippen LogP contribution is -2.51. The first-order valence-electron chi connectivity index (χ1n) is 8.90.